The molecule has 0 amide bonds. The summed E-state index contributed by atoms with van der Waals surface area (Å²) in [6.07, 6.45) is 1.59. The standard InChI is InChI=1S/C9H5BrCl2OS/c10-9-5(1-3-13-9)7(12)8-6(11)2-4-14-8/h1-4,7H. The van der Waals surface area contributed by atoms with Crippen LogP contribution in [-0.4, -0.2) is 0 Å². The summed E-state index contributed by atoms with van der Waals surface area (Å²) >= 11 is 17.1. The second-order valence-corrected chi connectivity index (χ2v) is 5.16. The maximum Gasteiger partial charge on any atom is 0.173 e. The number of furan rings is 1. The highest BCUT2D eigenvalue weighted by Gasteiger charge is 2.19. The highest BCUT2D eigenvalue weighted by molar-refractivity contribution is 9.10. The first kappa shape index (κ1) is 10.6. The Morgan fingerprint density at radius 3 is 2.71 bits per heavy atom. The summed E-state index contributed by atoms with van der Waals surface area (Å²) < 4.78 is 5.77. The molecule has 0 aromatic carbocycles. The SMILES string of the molecule is Clc1ccsc1C(Cl)c1ccoc1Br. The summed E-state index contributed by atoms with van der Waals surface area (Å²) in [5.41, 5.74) is 0.899. The number of hydrogen-bond donors (Lipinski definition) is 0. The van der Waals surface area contributed by atoms with Gasteiger partial charge in [-0.05, 0) is 33.4 Å². The molecule has 0 N–H and O–H groups in total. The van der Waals surface area contributed by atoms with Crippen molar-refractivity contribution in [3.63, 3.8) is 0 Å². The first-order valence-electron chi connectivity index (χ1n) is 3.80. The lowest BCUT2D eigenvalue weighted by Crippen LogP contribution is -1.88. The third kappa shape index (κ3) is 1.87. The number of hydrogen-bond acceptors (Lipinski definition) is 2. The van der Waals surface area contributed by atoms with Crippen molar-refractivity contribution in [1.29, 1.82) is 0 Å². The van der Waals surface area contributed by atoms with E-state index in [1.54, 1.807) is 6.26 Å². The molecule has 1 nitrogen and oxygen atoms in total. The van der Waals surface area contributed by atoms with Crippen molar-refractivity contribution in [3.05, 3.63) is 43.9 Å². The van der Waals surface area contributed by atoms with E-state index in [1.807, 2.05) is 17.5 Å². The van der Waals surface area contributed by atoms with Crippen molar-refractivity contribution >= 4 is 50.5 Å². The van der Waals surface area contributed by atoms with Gasteiger partial charge in [-0.2, -0.15) is 0 Å². The highest BCUT2D eigenvalue weighted by atomic mass is 79.9. The van der Waals surface area contributed by atoms with Crippen LogP contribution in [0.2, 0.25) is 5.02 Å². The van der Waals surface area contributed by atoms with E-state index in [0.717, 1.165) is 10.4 Å². The molecule has 74 valence electrons. The molecule has 0 saturated carbocycles. The van der Waals surface area contributed by atoms with E-state index in [9.17, 15) is 0 Å². The molecule has 2 rings (SSSR count). The minimum atomic E-state index is -0.254. The van der Waals surface area contributed by atoms with Crippen LogP contribution in [0.1, 0.15) is 15.8 Å². The highest BCUT2D eigenvalue weighted by Crippen LogP contribution is 2.40. The number of alkyl halides is 1. The zero-order valence-electron chi connectivity index (χ0n) is 6.84. The monoisotopic (exact) mass is 310 g/mol. The van der Waals surface area contributed by atoms with E-state index in [1.165, 1.54) is 11.3 Å². The fourth-order valence-corrected chi connectivity index (χ4v) is 3.37. The van der Waals surface area contributed by atoms with Gasteiger partial charge in [0.05, 0.1) is 16.7 Å². The second kappa shape index (κ2) is 4.27. The van der Waals surface area contributed by atoms with Crippen LogP contribution in [0.5, 0.6) is 0 Å². The molecular weight excluding hydrogens is 307 g/mol. The average molecular weight is 312 g/mol. The molecule has 2 aromatic heterocycles. The Labute approximate surface area is 104 Å². The fourth-order valence-electron chi connectivity index (χ4n) is 1.11. The number of thiophene rings is 1. The molecule has 0 aliphatic heterocycles. The first-order valence-corrected chi connectivity index (χ1v) is 6.28. The van der Waals surface area contributed by atoms with Crippen LogP contribution in [0.15, 0.2) is 32.9 Å². The Morgan fingerprint density at radius 1 is 1.43 bits per heavy atom. The largest absolute Gasteiger partial charge is 0.457 e. The molecule has 5 heteroatoms. The quantitative estimate of drug-likeness (QED) is 0.704. The summed E-state index contributed by atoms with van der Waals surface area (Å²) in [7, 11) is 0. The third-order valence-corrected chi connectivity index (χ3v) is 4.44. The van der Waals surface area contributed by atoms with Crippen molar-refractivity contribution in [1.82, 2.24) is 0 Å². The summed E-state index contributed by atoms with van der Waals surface area (Å²) in [6.45, 7) is 0. The van der Waals surface area contributed by atoms with Gasteiger partial charge in [-0.25, -0.2) is 0 Å². The van der Waals surface area contributed by atoms with Gasteiger partial charge in [0.2, 0.25) is 0 Å². The summed E-state index contributed by atoms with van der Waals surface area (Å²) in [6, 6.07) is 3.67. The molecular formula is C9H5BrCl2OS. The molecule has 0 aliphatic carbocycles. The Hall–Kier alpha value is 0.0400. The van der Waals surface area contributed by atoms with E-state index < -0.39 is 0 Å². The molecule has 1 unspecified atom stereocenters. The lowest BCUT2D eigenvalue weighted by Gasteiger charge is -2.05. The Morgan fingerprint density at radius 2 is 2.21 bits per heavy atom. The van der Waals surface area contributed by atoms with Gasteiger partial charge in [0.25, 0.3) is 0 Å². The molecule has 0 spiro atoms. The van der Waals surface area contributed by atoms with Gasteiger partial charge in [0.1, 0.15) is 0 Å². The van der Waals surface area contributed by atoms with E-state index in [4.69, 9.17) is 27.6 Å². The van der Waals surface area contributed by atoms with Crippen LogP contribution in [-0.2, 0) is 0 Å². The molecule has 1 atom stereocenters. The molecule has 0 radical (unpaired) electrons. The maximum absolute atomic E-state index is 6.26. The van der Waals surface area contributed by atoms with E-state index in [2.05, 4.69) is 15.9 Å². The van der Waals surface area contributed by atoms with E-state index in [0.29, 0.717) is 9.69 Å². The lowest BCUT2D eigenvalue weighted by molar-refractivity contribution is 0.537. The maximum atomic E-state index is 6.26. The molecule has 2 heterocycles. The van der Waals surface area contributed by atoms with E-state index >= 15 is 0 Å². The first-order chi connectivity index (χ1) is 6.70. The van der Waals surface area contributed by atoms with Crippen molar-refractivity contribution in [2.45, 2.75) is 5.38 Å². The number of rotatable bonds is 2. The summed E-state index contributed by atoms with van der Waals surface area (Å²) in [5, 5.41) is 2.36. The topological polar surface area (TPSA) is 13.1 Å². The molecule has 14 heavy (non-hydrogen) atoms. The fraction of sp³-hybridized carbons (Fsp3) is 0.111. The minimum Gasteiger partial charge on any atom is -0.457 e. The van der Waals surface area contributed by atoms with Crippen LogP contribution < -0.4 is 0 Å². The molecule has 0 bridgehead atoms. The predicted molar refractivity (Wildman–Crippen MR) is 63.4 cm³/mol. The molecule has 2 aromatic rings. The van der Waals surface area contributed by atoms with Gasteiger partial charge < -0.3 is 4.42 Å². The predicted octanol–water partition coefficient (Wildman–Crippen LogP) is 5.09. The summed E-state index contributed by atoms with van der Waals surface area (Å²) in [4.78, 5) is 0.940. The van der Waals surface area contributed by atoms with Gasteiger partial charge in [-0.15, -0.1) is 22.9 Å². The molecule has 0 fully saturated rings. The lowest BCUT2D eigenvalue weighted by atomic mass is 10.2. The summed E-state index contributed by atoms with van der Waals surface area (Å²) in [5.74, 6) is 0. The smallest absolute Gasteiger partial charge is 0.173 e. The minimum absolute atomic E-state index is 0.254. The van der Waals surface area contributed by atoms with Gasteiger partial charge in [-0.3, -0.25) is 0 Å². The normalized spacial score (nSPS) is 13.1. The van der Waals surface area contributed by atoms with Crippen LogP contribution in [0.4, 0.5) is 0 Å². The van der Waals surface area contributed by atoms with Crippen molar-refractivity contribution in [3.8, 4) is 0 Å². The third-order valence-electron chi connectivity index (χ3n) is 1.79. The van der Waals surface area contributed by atoms with Gasteiger partial charge in [-0.1, -0.05) is 11.6 Å². The Balaban J connectivity index is 2.38. The van der Waals surface area contributed by atoms with Gasteiger partial charge >= 0.3 is 0 Å². The Kier molecular flexibility index (Phi) is 3.22. The Bertz CT molecular complexity index is 397. The van der Waals surface area contributed by atoms with Gasteiger partial charge in [0, 0.05) is 10.4 Å². The number of halogens is 3. The van der Waals surface area contributed by atoms with E-state index in [-0.39, 0.29) is 5.38 Å². The zero-order chi connectivity index (χ0) is 10.1. The second-order valence-electron chi connectivity index (χ2n) is 2.64. The van der Waals surface area contributed by atoms with Gasteiger partial charge in [0.15, 0.2) is 4.67 Å². The van der Waals surface area contributed by atoms with Crippen LogP contribution in [0.3, 0.4) is 0 Å². The van der Waals surface area contributed by atoms with Crippen molar-refractivity contribution in [2.24, 2.45) is 0 Å². The van der Waals surface area contributed by atoms with Crippen molar-refractivity contribution in [2.75, 3.05) is 0 Å². The van der Waals surface area contributed by atoms with Crippen molar-refractivity contribution < 1.29 is 4.42 Å². The van der Waals surface area contributed by atoms with Crippen LogP contribution in [0.25, 0.3) is 0 Å². The van der Waals surface area contributed by atoms with Crippen LogP contribution in [0, 0.1) is 0 Å². The average Bonchev–Trinajstić information content (AvgIpc) is 2.73. The molecule has 0 aliphatic rings. The zero-order valence-corrected chi connectivity index (χ0v) is 10.8. The molecule has 0 saturated heterocycles. The van der Waals surface area contributed by atoms with Crippen LogP contribution >= 0.6 is 50.5 Å².